The molecule has 1 saturated heterocycles. The van der Waals surface area contributed by atoms with Gasteiger partial charge in [-0.15, -0.1) is 0 Å². The normalized spacial score (nSPS) is 22.8. The Bertz CT molecular complexity index is 1250. The third kappa shape index (κ3) is 5.42. The summed E-state index contributed by atoms with van der Waals surface area (Å²) >= 11 is 0. The van der Waals surface area contributed by atoms with Gasteiger partial charge in [0.05, 0.1) is 6.20 Å². The number of carbonyl (C=O) groups excluding carboxylic acids is 1. The number of primary amides is 1. The van der Waals surface area contributed by atoms with Crippen molar-refractivity contribution in [2.24, 2.45) is 11.7 Å². The second kappa shape index (κ2) is 10.7. The van der Waals surface area contributed by atoms with Crippen LogP contribution in [0.3, 0.4) is 0 Å². The zero-order chi connectivity index (χ0) is 26.1. The van der Waals surface area contributed by atoms with Crippen molar-refractivity contribution in [2.75, 3.05) is 30.3 Å². The first-order chi connectivity index (χ1) is 17.8. The maximum absolute atomic E-state index is 11.8. The summed E-state index contributed by atoms with van der Waals surface area (Å²) in [5.41, 5.74) is 11.9. The lowest BCUT2D eigenvalue weighted by atomic mass is 9.85. The number of hydrogen-bond donors (Lipinski definition) is 3. The smallest absolute Gasteiger partial charge is 0.225 e. The molecule has 2 fully saturated rings. The Morgan fingerprint density at radius 2 is 1.81 bits per heavy atom. The average molecular weight is 505 g/mol. The monoisotopic (exact) mass is 504 g/mol. The van der Waals surface area contributed by atoms with Gasteiger partial charge in [0, 0.05) is 30.2 Å². The summed E-state index contributed by atoms with van der Waals surface area (Å²) in [6, 6.07) is 4.89. The number of carbonyl (C=O) groups is 1. The van der Waals surface area contributed by atoms with Crippen LogP contribution in [0.1, 0.15) is 68.2 Å². The van der Waals surface area contributed by atoms with Gasteiger partial charge in [0.15, 0.2) is 5.65 Å². The molecule has 0 spiro atoms. The van der Waals surface area contributed by atoms with Crippen LogP contribution in [0.4, 0.5) is 17.6 Å². The number of rotatable bonds is 7. The fraction of sp³-hybridized carbons (Fsp3) is 0.571. The van der Waals surface area contributed by atoms with E-state index < -0.39 is 0 Å². The second-order valence-electron chi connectivity index (χ2n) is 10.9. The van der Waals surface area contributed by atoms with Gasteiger partial charge in [0.25, 0.3) is 0 Å². The molecule has 0 unspecified atom stereocenters. The zero-order valence-corrected chi connectivity index (χ0v) is 22.5. The topological polar surface area (TPSA) is 114 Å². The van der Waals surface area contributed by atoms with E-state index in [4.69, 9.17) is 15.7 Å². The van der Waals surface area contributed by atoms with Crippen molar-refractivity contribution >= 4 is 34.7 Å². The van der Waals surface area contributed by atoms with Crippen LogP contribution in [0, 0.1) is 26.7 Å². The van der Waals surface area contributed by atoms with E-state index in [-0.39, 0.29) is 17.9 Å². The Kier molecular flexibility index (Phi) is 7.33. The molecule has 1 amide bonds. The van der Waals surface area contributed by atoms with E-state index in [9.17, 15) is 4.79 Å². The molecule has 1 saturated carbocycles. The molecule has 0 bridgehead atoms. The number of aryl methyl sites for hydroxylation is 3. The highest BCUT2D eigenvalue weighted by atomic mass is 16.1. The summed E-state index contributed by atoms with van der Waals surface area (Å²) < 4.78 is 2.23. The highest BCUT2D eigenvalue weighted by molar-refractivity contribution is 5.78. The lowest BCUT2D eigenvalue weighted by Gasteiger charge is -2.32. The number of likely N-dealkylation sites (N-methyl/N-ethyl adjacent to an activating group) is 1. The van der Waals surface area contributed by atoms with E-state index in [2.05, 4.69) is 64.9 Å². The molecule has 1 aromatic carbocycles. The van der Waals surface area contributed by atoms with Crippen LogP contribution >= 0.6 is 0 Å². The first-order valence-electron chi connectivity index (χ1n) is 13.7. The standard InChI is InChI=1S/C28H40N8O/c1-5-35-12-6-7-21(16-35)31-27-30-15-23-26(34-27)36(22-10-8-20(9-11-22)25(29)37)28(32-23)33-24-18(3)13-17(2)14-19(24)4/h13-15,20-22H,5-12,16H2,1-4H3,(H2,29,37)(H,32,33)(H,30,31,34)/t20-,21-,22+/m1/s1. The number of piperidine rings is 1. The Morgan fingerprint density at radius 3 is 2.49 bits per heavy atom. The number of imidazole rings is 1. The van der Waals surface area contributed by atoms with E-state index in [1.54, 1.807) is 0 Å². The first-order valence-corrected chi connectivity index (χ1v) is 13.7. The van der Waals surface area contributed by atoms with Crippen molar-refractivity contribution < 1.29 is 4.79 Å². The fourth-order valence-electron chi connectivity index (χ4n) is 6.15. The maximum Gasteiger partial charge on any atom is 0.225 e. The second-order valence-corrected chi connectivity index (χ2v) is 10.9. The molecular weight excluding hydrogens is 464 g/mol. The molecule has 2 aliphatic rings. The summed E-state index contributed by atoms with van der Waals surface area (Å²) in [4.78, 5) is 28.9. The molecule has 1 aliphatic carbocycles. The largest absolute Gasteiger partial charge is 0.369 e. The van der Waals surface area contributed by atoms with Crippen molar-refractivity contribution in [3.63, 3.8) is 0 Å². The fourth-order valence-corrected chi connectivity index (χ4v) is 6.15. The number of hydrogen-bond acceptors (Lipinski definition) is 7. The molecule has 0 radical (unpaired) electrons. The van der Waals surface area contributed by atoms with E-state index in [0.717, 1.165) is 74.5 Å². The van der Waals surface area contributed by atoms with E-state index in [1.165, 1.54) is 23.1 Å². The van der Waals surface area contributed by atoms with Crippen LogP contribution in [-0.2, 0) is 4.79 Å². The van der Waals surface area contributed by atoms with Gasteiger partial charge in [0.1, 0.15) is 5.52 Å². The Labute approximate surface area is 219 Å². The van der Waals surface area contributed by atoms with Crippen molar-refractivity contribution in [1.82, 2.24) is 24.4 Å². The third-order valence-corrected chi connectivity index (χ3v) is 8.10. The summed E-state index contributed by atoms with van der Waals surface area (Å²) in [5, 5.41) is 7.22. The first kappa shape index (κ1) is 25.4. The number of nitrogens with two attached hydrogens (primary N) is 1. The van der Waals surface area contributed by atoms with Crippen LogP contribution in [0.2, 0.25) is 0 Å². The number of likely N-dealkylation sites (tertiary alicyclic amines) is 1. The Balaban J connectivity index is 1.50. The molecule has 3 heterocycles. The molecule has 9 heteroatoms. The van der Waals surface area contributed by atoms with Gasteiger partial charge in [0.2, 0.25) is 17.8 Å². The van der Waals surface area contributed by atoms with Crippen molar-refractivity contribution in [3.05, 3.63) is 35.0 Å². The molecule has 2 aromatic heterocycles. The molecule has 5 rings (SSSR count). The minimum Gasteiger partial charge on any atom is -0.369 e. The van der Waals surface area contributed by atoms with Crippen LogP contribution < -0.4 is 16.4 Å². The van der Waals surface area contributed by atoms with Crippen LogP contribution in [0.5, 0.6) is 0 Å². The molecule has 9 nitrogen and oxygen atoms in total. The number of fused-ring (bicyclic) bond motifs is 1. The van der Waals surface area contributed by atoms with E-state index >= 15 is 0 Å². The predicted octanol–water partition coefficient (Wildman–Crippen LogP) is 4.61. The number of anilines is 3. The van der Waals surface area contributed by atoms with Crippen molar-refractivity contribution in [3.8, 4) is 0 Å². The van der Waals surface area contributed by atoms with E-state index in [0.29, 0.717) is 12.0 Å². The zero-order valence-electron chi connectivity index (χ0n) is 22.5. The average Bonchev–Trinajstić information content (AvgIpc) is 3.23. The highest BCUT2D eigenvalue weighted by Crippen LogP contribution is 2.37. The lowest BCUT2D eigenvalue weighted by molar-refractivity contribution is -0.122. The van der Waals surface area contributed by atoms with E-state index in [1.807, 2.05) is 6.20 Å². The summed E-state index contributed by atoms with van der Waals surface area (Å²) in [7, 11) is 0. The van der Waals surface area contributed by atoms with Gasteiger partial charge >= 0.3 is 0 Å². The van der Waals surface area contributed by atoms with Gasteiger partial charge in [-0.3, -0.25) is 9.36 Å². The Morgan fingerprint density at radius 1 is 1.08 bits per heavy atom. The number of benzene rings is 1. The van der Waals surface area contributed by atoms with Crippen LogP contribution in [0.25, 0.3) is 11.2 Å². The molecule has 1 aliphatic heterocycles. The van der Waals surface area contributed by atoms with Gasteiger partial charge in [-0.25, -0.2) is 9.97 Å². The number of nitrogens with zero attached hydrogens (tertiary/aromatic N) is 5. The molecule has 37 heavy (non-hydrogen) atoms. The predicted molar refractivity (Wildman–Crippen MR) is 148 cm³/mol. The number of nitrogens with one attached hydrogen (secondary N) is 2. The minimum atomic E-state index is -0.194. The summed E-state index contributed by atoms with van der Waals surface area (Å²) in [6.45, 7) is 11.8. The lowest BCUT2D eigenvalue weighted by Crippen LogP contribution is -2.42. The maximum atomic E-state index is 11.8. The SMILES string of the molecule is CCN1CCC[C@@H](Nc2ncc3nc(Nc4c(C)cc(C)cc4C)n([C@H]4CC[C@@H](C(N)=O)CC4)c3n2)C1. The van der Waals surface area contributed by atoms with Crippen LogP contribution in [-0.4, -0.2) is 56.0 Å². The van der Waals surface area contributed by atoms with Gasteiger partial charge in [-0.2, -0.15) is 4.98 Å². The third-order valence-electron chi connectivity index (χ3n) is 8.10. The molecule has 198 valence electrons. The summed E-state index contributed by atoms with van der Waals surface area (Å²) in [6.07, 6.45) is 7.42. The minimum absolute atomic E-state index is 0.0521. The number of amides is 1. The molecule has 3 aromatic rings. The highest BCUT2D eigenvalue weighted by Gasteiger charge is 2.29. The van der Waals surface area contributed by atoms with Crippen molar-refractivity contribution in [1.29, 1.82) is 0 Å². The molecular formula is C28H40N8O. The van der Waals surface area contributed by atoms with Crippen molar-refractivity contribution in [2.45, 2.75) is 78.3 Å². The van der Waals surface area contributed by atoms with Gasteiger partial charge in [-0.05, 0) is 83.5 Å². The Hall–Kier alpha value is -3.20. The van der Waals surface area contributed by atoms with Gasteiger partial charge in [-0.1, -0.05) is 24.6 Å². The quantitative estimate of drug-likeness (QED) is 0.431. The summed E-state index contributed by atoms with van der Waals surface area (Å²) in [5.74, 6) is 1.18. The molecule has 1 atom stereocenters. The van der Waals surface area contributed by atoms with Gasteiger partial charge < -0.3 is 21.3 Å². The van der Waals surface area contributed by atoms with Crippen LogP contribution in [0.15, 0.2) is 18.3 Å². The molecule has 4 N–H and O–H groups in total. The number of aromatic nitrogens is 4.